The summed E-state index contributed by atoms with van der Waals surface area (Å²) in [5.74, 6) is 1.39. The molecule has 1 aromatic heterocycles. The van der Waals surface area contributed by atoms with E-state index in [0.717, 1.165) is 30.7 Å². The summed E-state index contributed by atoms with van der Waals surface area (Å²) in [7, 11) is 1.62. The first-order valence-corrected chi connectivity index (χ1v) is 8.08. The van der Waals surface area contributed by atoms with Crippen molar-refractivity contribution in [2.75, 3.05) is 20.2 Å². The van der Waals surface area contributed by atoms with Crippen molar-refractivity contribution in [3.05, 3.63) is 48.4 Å². The number of likely N-dealkylation sites (tertiary alicyclic amines) is 1. The molecule has 1 aromatic carbocycles. The zero-order valence-electron chi connectivity index (χ0n) is 13.7. The number of carbonyl (C=O) groups is 1. The van der Waals surface area contributed by atoms with Crippen LogP contribution in [0.4, 0.5) is 0 Å². The maximum Gasteiger partial charge on any atom is 0.227 e. The number of ether oxygens (including phenoxy) is 2. The van der Waals surface area contributed by atoms with Crippen molar-refractivity contribution in [2.24, 2.45) is 0 Å². The molecule has 0 saturated carbocycles. The lowest BCUT2D eigenvalue weighted by molar-refractivity contribution is -0.133. The minimum atomic E-state index is -0.0322. The second-order valence-corrected chi connectivity index (χ2v) is 5.76. The number of benzene rings is 1. The van der Waals surface area contributed by atoms with E-state index in [-0.39, 0.29) is 12.0 Å². The Bertz CT molecular complexity index is 678. The van der Waals surface area contributed by atoms with Gasteiger partial charge in [0.05, 0.1) is 20.1 Å². The fourth-order valence-electron chi connectivity index (χ4n) is 2.90. The zero-order valence-corrected chi connectivity index (χ0v) is 13.7. The molecule has 126 valence electrons. The fraction of sp³-hybridized carbons (Fsp3) is 0.389. The quantitative estimate of drug-likeness (QED) is 0.841. The zero-order chi connectivity index (χ0) is 16.8. The van der Waals surface area contributed by atoms with Crippen LogP contribution in [0.25, 0.3) is 0 Å². The van der Waals surface area contributed by atoms with Crippen LogP contribution in [0.1, 0.15) is 18.4 Å². The molecule has 0 radical (unpaired) electrons. The summed E-state index contributed by atoms with van der Waals surface area (Å²) in [4.78, 5) is 22.4. The Labute approximate surface area is 141 Å². The van der Waals surface area contributed by atoms with E-state index in [2.05, 4.69) is 9.97 Å². The van der Waals surface area contributed by atoms with Crippen LogP contribution < -0.4 is 9.47 Å². The summed E-state index contributed by atoms with van der Waals surface area (Å²) >= 11 is 0. The molecule has 24 heavy (non-hydrogen) atoms. The Morgan fingerprint density at radius 1 is 1.33 bits per heavy atom. The monoisotopic (exact) mass is 327 g/mol. The van der Waals surface area contributed by atoms with Gasteiger partial charge in [-0.05, 0) is 18.9 Å². The number of rotatable bonds is 5. The van der Waals surface area contributed by atoms with E-state index in [1.807, 2.05) is 29.2 Å². The van der Waals surface area contributed by atoms with Gasteiger partial charge in [-0.1, -0.05) is 18.2 Å². The van der Waals surface area contributed by atoms with Crippen molar-refractivity contribution in [1.29, 1.82) is 0 Å². The van der Waals surface area contributed by atoms with Gasteiger partial charge in [0.1, 0.15) is 18.2 Å². The average Bonchev–Trinajstić information content (AvgIpc) is 2.63. The molecule has 1 aliphatic heterocycles. The number of para-hydroxylation sites is 1. The molecule has 1 saturated heterocycles. The van der Waals surface area contributed by atoms with E-state index in [9.17, 15) is 4.79 Å². The highest BCUT2D eigenvalue weighted by Gasteiger charge is 2.25. The van der Waals surface area contributed by atoms with Crippen LogP contribution in [0.3, 0.4) is 0 Å². The number of methoxy groups -OCH3 is 1. The maximum absolute atomic E-state index is 12.6. The van der Waals surface area contributed by atoms with Crippen LogP contribution in [-0.2, 0) is 11.2 Å². The van der Waals surface area contributed by atoms with Crippen LogP contribution in [0, 0.1) is 0 Å². The average molecular weight is 327 g/mol. The Morgan fingerprint density at radius 3 is 3.00 bits per heavy atom. The summed E-state index contributed by atoms with van der Waals surface area (Å²) in [6.45, 7) is 1.34. The van der Waals surface area contributed by atoms with Gasteiger partial charge in [0.15, 0.2) is 0 Å². The minimum Gasteiger partial charge on any atom is -0.496 e. The van der Waals surface area contributed by atoms with E-state index in [1.54, 1.807) is 19.4 Å². The van der Waals surface area contributed by atoms with E-state index in [0.29, 0.717) is 18.8 Å². The lowest BCUT2D eigenvalue weighted by atomic mass is 10.1. The van der Waals surface area contributed by atoms with Crippen molar-refractivity contribution in [3.63, 3.8) is 0 Å². The molecule has 6 nitrogen and oxygen atoms in total. The van der Waals surface area contributed by atoms with Crippen molar-refractivity contribution in [3.8, 4) is 11.6 Å². The van der Waals surface area contributed by atoms with Gasteiger partial charge in [-0.3, -0.25) is 4.79 Å². The number of amides is 1. The first kappa shape index (κ1) is 16.2. The molecule has 0 N–H and O–H groups in total. The molecule has 2 aromatic rings. The number of hydrogen-bond acceptors (Lipinski definition) is 5. The van der Waals surface area contributed by atoms with Gasteiger partial charge in [-0.2, -0.15) is 0 Å². The van der Waals surface area contributed by atoms with Crippen molar-refractivity contribution in [1.82, 2.24) is 14.9 Å². The first-order chi connectivity index (χ1) is 11.8. The molecule has 2 heterocycles. The highest BCUT2D eigenvalue weighted by atomic mass is 16.5. The van der Waals surface area contributed by atoms with E-state index >= 15 is 0 Å². The largest absolute Gasteiger partial charge is 0.496 e. The lowest BCUT2D eigenvalue weighted by Gasteiger charge is -2.32. The normalized spacial score (nSPS) is 17.4. The number of piperidine rings is 1. The Balaban J connectivity index is 1.60. The van der Waals surface area contributed by atoms with Crippen LogP contribution >= 0.6 is 0 Å². The predicted octanol–water partition coefficient (Wildman–Crippen LogP) is 2.10. The van der Waals surface area contributed by atoms with E-state index in [4.69, 9.17) is 9.47 Å². The molecule has 0 spiro atoms. The van der Waals surface area contributed by atoms with Crippen molar-refractivity contribution in [2.45, 2.75) is 25.4 Å². The minimum absolute atomic E-state index is 0.0322. The molecular weight excluding hydrogens is 306 g/mol. The van der Waals surface area contributed by atoms with Crippen LogP contribution in [0.2, 0.25) is 0 Å². The van der Waals surface area contributed by atoms with Crippen LogP contribution in [-0.4, -0.2) is 47.1 Å². The summed E-state index contributed by atoms with van der Waals surface area (Å²) in [5, 5.41) is 0. The summed E-state index contributed by atoms with van der Waals surface area (Å²) in [5.41, 5.74) is 0.906. The van der Waals surface area contributed by atoms with Gasteiger partial charge >= 0.3 is 0 Å². The third kappa shape index (κ3) is 4.01. The van der Waals surface area contributed by atoms with Crippen LogP contribution in [0.5, 0.6) is 11.6 Å². The highest BCUT2D eigenvalue weighted by Crippen LogP contribution is 2.21. The number of carbonyl (C=O) groups excluding carboxylic acids is 1. The second-order valence-electron chi connectivity index (χ2n) is 5.76. The first-order valence-electron chi connectivity index (χ1n) is 8.08. The molecule has 0 aliphatic carbocycles. The van der Waals surface area contributed by atoms with Gasteiger partial charge in [0, 0.05) is 24.4 Å². The number of nitrogens with zero attached hydrogens (tertiary/aromatic N) is 3. The molecule has 1 amide bonds. The topological polar surface area (TPSA) is 64.5 Å². The Kier molecular flexibility index (Phi) is 5.25. The van der Waals surface area contributed by atoms with Crippen LogP contribution in [0.15, 0.2) is 42.9 Å². The summed E-state index contributed by atoms with van der Waals surface area (Å²) in [6, 6.07) is 9.35. The van der Waals surface area contributed by atoms with Crippen molar-refractivity contribution < 1.29 is 14.3 Å². The van der Waals surface area contributed by atoms with E-state index < -0.39 is 0 Å². The third-order valence-electron chi connectivity index (χ3n) is 4.11. The van der Waals surface area contributed by atoms with E-state index in [1.165, 1.54) is 6.33 Å². The standard InChI is InChI=1S/C18H21N3O3/c1-23-16-7-3-2-5-14(16)11-18(22)21-10-4-6-15(12-21)24-17-8-9-19-13-20-17/h2-3,5,7-9,13,15H,4,6,10-12H2,1H3. The smallest absolute Gasteiger partial charge is 0.227 e. The summed E-state index contributed by atoms with van der Waals surface area (Å²) < 4.78 is 11.2. The molecule has 1 fully saturated rings. The molecule has 1 aliphatic rings. The van der Waals surface area contributed by atoms with Gasteiger partial charge in [-0.25, -0.2) is 9.97 Å². The molecule has 3 rings (SSSR count). The Hall–Kier alpha value is -2.63. The van der Waals surface area contributed by atoms with Gasteiger partial charge in [0.25, 0.3) is 0 Å². The van der Waals surface area contributed by atoms with Crippen molar-refractivity contribution >= 4 is 5.91 Å². The van der Waals surface area contributed by atoms with Gasteiger partial charge in [-0.15, -0.1) is 0 Å². The fourth-order valence-corrected chi connectivity index (χ4v) is 2.90. The Morgan fingerprint density at radius 2 is 2.21 bits per heavy atom. The molecule has 6 heteroatoms. The van der Waals surface area contributed by atoms with Gasteiger partial charge in [0.2, 0.25) is 11.8 Å². The maximum atomic E-state index is 12.6. The SMILES string of the molecule is COc1ccccc1CC(=O)N1CCCC(Oc2ccncn2)C1. The molecule has 1 unspecified atom stereocenters. The highest BCUT2D eigenvalue weighted by molar-refractivity contribution is 5.79. The molecule has 1 atom stereocenters. The number of aromatic nitrogens is 2. The molecule has 0 bridgehead atoms. The second kappa shape index (κ2) is 7.77. The molecular formula is C18H21N3O3. The lowest BCUT2D eigenvalue weighted by Crippen LogP contribution is -2.45. The third-order valence-corrected chi connectivity index (χ3v) is 4.11. The van der Waals surface area contributed by atoms with Gasteiger partial charge < -0.3 is 14.4 Å². The predicted molar refractivity (Wildman–Crippen MR) is 89.0 cm³/mol. The summed E-state index contributed by atoms with van der Waals surface area (Å²) in [6.07, 6.45) is 5.26. The number of hydrogen-bond donors (Lipinski definition) is 0.